The maximum absolute atomic E-state index is 12.4. The minimum atomic E-state index is -0.244. The topological polar surface area (TPSA) is 55.1 Å². The molecule has 2 aromatic rings. The van der Waals surface area contributed by atoms with E-state index in [0.29, 0.717) is 11.3 Å². The molecule has 0 radical (unpaired) electrons. The minimum Gasteiger partial charge on any atom is -0.399 e. The van der Waals surface area contributed by atoms with E-state index in [-0.39, 0.29) is 22.0 Å². The van der Waals surface area contributed by atoms with Crippen LogP contribution in [0.4, 0.5) is 5.69 Å². The van der Waals surface area contributed by atoms with Crippen molar-refractivity contribution in [3.05, 3.63) is 63.1 Å². The summed E-state index contributed by atoms with van der Waals surface area (Å²) in [5.41, 5.74) is 9.01. The predicted octanol–water partition coefficient (Wildman–Crippen LogP) is 3.47. The molecule has 0 saturated heterocycles. The summed E-state index contributed by atoms with van der Waals surface area (Å²) in [6.45, 7) is 0. The highest BCUT2D eigenvalue weighted by Crippen LogP contribution is 2.29. The van der Waals surface area contributed by atoms with Crippen LogP contribution in [0.2, 0.25) is 10.0 Å². The van der Waals surface area contributed by atoms with Gasteiger partial charge in [-0.05, 0) is 36.1 Å². The number of anilines is 1. The summed E-state index contributed by atoms with van der Waals surface area (Å²) in [4.78, 5) is 12.4. The second-order valence-corrected chi connectivity index (χ2v) is 6.00. The molecule has 0 unspecified atom stereocenters. The van der Waals surface area contributed by atoms with E-state index < -0.39 is 0 Å². The Labute approximate surface area is 133 Å². The molecule has 0 atom stereocenters. The Balaban J connectivity index is 1.77. The van der Waals surface area contributed by atoms with Crippen molar-refractivity contribution in [3.63, 3.8) is 0 Å². The molecule has 3 N–H and O–H groups in total. The van der Waals surface area contributed by atoms with Crippen molar-refractivity contribution in [1.29, 1.82) is 0 Å². The lowest BCUT2D eigenvalue weighted by molar-refractivity contribution is 0.0939. The molecule has 0 heterocycles. The van der Waals surface area contributed by atoms with Crippen molar-refractivity contribution >= 4 is 34.8 Å². The lowest BCUT2D eigenvalue weighted by Gasteiger charge is -2.14. The summed E-state index contributed by atoms with van der Waals surface area (Å²) >= 11 is 12.0. The molecule has 0 saturated carbocycles. The van der Waals surface area contributed by atoms with E-state index in [0.717, 1.165) is 12.8 Å². The summed E-state index contributed by atoms with van der Waals surface area (Å²) in [6.07, 6.45) is 1.66. The number of nitrogens with two attached hydrogens (primary N) is 1. The number of rotatable bonds is 2. The zero-order valence-electron chi connectivity index (χ0n) is 11.2. The number of hydrogen-bond donors (Lipinski definition) is 2. The number of nitrogen functional groups attached to an aromatic ring is 1. The minimum absolute atomic E-state index is 0.0752. The molecular weight excluding hydrogens is 307 g/mol. The highest BCUT2D eigenvalue weighted by Gasteiger charge is 2.24. The van der Waals surface area contributed by atoms with E-state index in [2.05, 4.69) is 17.4 Å². The van der Waals surface area contributed by atoms with Gasteiger partial charge in [0.05, 0.1) is 15.6 Å². The Hall–Kier alpha value is -1.71. The van der Waals surface area contributed by atoms with Crippen molar-refractivity contribution in [2.45, 2.75) is 18.9 Å². The molecule has 0 aromatic heterocycles. The van der Waals surface area contributed by atoms with Gasteiger partial charge in [0.2, 0.25) is 0 Å². The van der Waals surface area contributed by atoms with E-state index in [9.17, 15) is 4.79 Å². The van der Waals surface area contributed by atoms with Gasteiger partial charge in [0.15, 0.2) is 0 Å². The number of carbonyl (C=O) groups is 1. The van der Waals surface area contributed by atoms with Crippen LogP contribution in [0.25, 0.3) is 0 Å². The maximum atomic E-state index is 12.4. The van der Waals surface area contributed by atoms with E-state index in [1.807, 2.05) is 12.1 Å². The van der Waals surface area contributed by atoms with Crippen LogP contribution in [0.1, 0.15) is 21.5 Å². The Morgan fingerprint density at radius 2 is 1.76 bits per heavy atom. The van der Waals surface area contributed by atoms with Gasteiger partial charge >= 0.3 is 0 Å². The first kappa shape index (κ1) is 14.2. The van der Waals surface area contributed by atoms with Crippen molar-refractivity contribution in [3.8, 4) is 0 Å². The van der Waals surface area contributed by atoms with Crippen LogP contribution in [0.15, 0.2) is 36.4 Å². The van der Waals surface area contributed by atoms with Gasteiger partial charge in [0.1, 0.15) is 0 Å². The average molecular weight is 321 g/mol. The Kier molecular flexibility index (Phi) is 3.79. The zero-order chi connectivity index (χ0) is 15.0. The molecule has 0 spiro atoms. The molecule has 3 rings (SSSR count). The van der Waals surface area contributed by atoms with Crippen LogP contribution in [0.5, 0.6) is 0 Å². The molecule has 1 amide bonds. The third kappa shape index (κ3) is 2.85. The van der Waals surface area contributed by atoms with Crippen LogP contribution in [0.3, 0.4) is 0 Å². The number of halogens is 2. The van der Waals surface area contributed by atoms with E-state index in [1.165, 1.54) is 17.2 Å². The molecule has 0 aliphatic heterocycles. The van der Waals surface area contributed by atoms with Crippen LogP contribution >= 0.6 is 23.2 Å². The fraction of sp³-hybridized carbons (Fsp3) is 0.188. The number of amides is 1. The number of benzene rings is 2. The van der Waals surface area contributed by atoms with Crippen molar-refractivity contribution in [2.75, 3.05) is 5.73 Å². The van der Waals surface area contributed by atoms with Gasteiger partial charge in [-0.1, -0.05) is 47.5 Å². The second-order valence-electron chi connectivity index (χ2n) is 5.21. The van der Waals surface area contributed by atoms with Gasteiger partial charge in [-0.25, -0.2) is 0 Å². The molecule has 5 heteroatoms. The van der Waals surface area contributed by atoms with Gasteiger partial charge in [0, 0.05) is 11.7 Å². The zero-order valence-corrected chi connectivity index (χ0v) is 12.7. The number of hydrogen-bond acceptors (Lipinski definition) is 2. The van der Waals surface area contributed by atoms with Crippen LogP contribution < -0.4 is 11.1 Å². The third-order valence-electron chi connectivity index (χ3n) is 3.68. The molecule has 0 bridgehead atoms. The lowest BCUT2D eigenvalue weighted by Crippen LogP contribution is -2.35. The van der Waals surface area contributed by atoms with Gasteiger partial charge in [0.25, 0.3) is 5.91 Å². The van der Waals surface area contributed by atoms with Crippen molar-refractivity contribution < 1.29 is 4.79 Å². The smallest absolute Gasteiger partial charge is 0.253 e. The predicted molar refractivity (Wildman–Crippen MR) is 86.0 cm³/mol. The quantitative estimate of drug-likeness (QED) is 0.832. The van der Waals surface area contributed by atoms with Crippen molar-refractivity contribution in [2.24, 2.45) is 0 Å². The molecule has 108 valence electrons. The number of carbonyl (C=O) groups excluding carboxylic acids is 1. The summed E-state index contributed by atoms with van der Waals surface area (Å²) in [5.74, 6) is -0.244. The summed E-state index contributed by atoms with van der Waals surface area (Å²) in [7, 11) is 0. The Morgan fingerprint density at radius 3 is 2.38 bits per heavy atom. The average Bonchev–Trinajstić information content (AvgIpc) is 2.84. The SMILES string of the molecule is Nc1cc(Cl)c(Cl)c(C(=O)NC2Cc3ccccc3C2)c1. The first-order valence-corrected chi connectivity index (χ1v) is 7.42. The van der Waals surface area contributed by atoms with Crippen molar-refractivity contribution in [1.82, 2.24) is 5.32 Å². The highest BCUT2D eigenvalue weighted by atomic mass is 35.5. The Morgan fingerprint density at radius 1 is 1.14 bits per heavy atom. The lowest BCUT2D eigenvalue weighted by atomic mass is 10.1. The molecule has 2 aromatic carbocycles. The Bertz CT molecular complexity index is 690. The normalized spacial score (nSPS) is 14.0. The first-order valence-electron chi connectivity index (χ1n) is 6.67. The molecular formula is C16H14Cl2N2O. The molecule has 21 heavy (non-hydrogen) atoms. The fourth-order valence-corrected chi connectivity index (χ4v) is 3.12. The van der Waals surface area contributed by atoms with Gasteiger partial charge in [-0.3, -0.25) is 4.79 Å². The van der Waals surface area contributed by atoms with Gasteiger partial charge < -0.3 is 11.1 Å². The van der Waals surface area contributed by atoms with E-state index >= 15 is 0 Å². The van der Waals surface area contributed by atoms with Crippen LogP contribution in [-0.4, -0.2) is 11.9 Å². The second kappa shape index (κ2) is 5.58. The molecule has 0 fully saturated rings. The third-order valence-corrected chi connectivity index (χ3v) is 4.48. The fourth-order valence-electron chi connectivity index (χ4n) is 2.70. The standard InChI is InChI=1S/C16H14Cl2N2O/c17-14-8-11(19)7-13(15(14)18)16(21)20-12-5-9-3-1-2-4-10(9)6-12/h1-4,7-8,12H,5-6,19H2,(H,20,21). The first-order chi connectivity index (χ1) is 10.0. The van der Waals surface area contributed by atoms with Crippen LogP contribution in [-0.2, 0) is 12.8 Å². The van der Waals surface area contributed by atoms with Crippen LogP contribution in [0, 0.1) is 0 Å². The largest absolute Gasteiger partial charge is 0.399 e. The number of fused-ring (bicyclic) bond motifs is 1. The van der Waals surface area contributed by atoms with E-state index in [4.69, 9.17) is 28.9 Å². The maximum Gasteiger partial charge on any atom is 0.253 e. The summed E-state index contributed by atoms with van der Waals surface area (Å²) < 4.78 is 0. The molecule has 1 aliphatic carbocycles. The molecule has 1 aliphatic rings. The monoisotopic (exact) mass is 320 g/mol. The van der Waals surface area contributed by atoms with Gasteiger partial charge in [-0.15, -0.1) is 0 Å². The number of nitrogens with one attached hydrogen (secondary N) is 1. The van der Waals surface area contributed by atoms with Gasteiger partial charge in [-0.2, -0.15) is 0 Å². The van der Waals surface area contributed by atoms with E-state index in [1.54, 1.807) is 6.07 Å². The summed E-state index contributed by atoms with van der Waals surface area (Å²) in [6, 6.07) is 11.4. The summed E-state index contributed by atoms with van der Waals surface area (Å²) in [5, 5.41) is 3.52. The highest BCUT2D eigenvalue weighted by molar-refractivity contribution is 6.44. The molecule has 3 nitrogen and oxygen atoms in total.